The van der Waals surface area contributed by atoms with Gasteiger partial charge in [0.2, 0.25) is 0 Å². The number of nitrogens with zero attached hydrogens (tertiary/aromatic N) is 3. The predicted molar refractivity (Wildman–Crippen MR) is 79.9 cm³/mol. The number of rotatable bonds is 3. The number of aryl methyl sites for hydroxylation is 1. The van der Waals surface area contributed by atoms with E-state index >= 15 is 0 Å². The Hall–Kier alpha value is -1.36. The van der Waals surface area contributed by atoms with E-state index in [1.54, 1.807) is 0 Å². The van der Waals surface area contributed by atoms with E-state index in [0.717, 1.165) is 37.1 Å². The highest BCUT2D eigenvalue weighted by Gasteiger charge is 2.41. The predicted octanol–water partition coefficient (Wildman–Crippen LogP) is 2.34. The lowest BCUT2D eigenvalue weighted by atomic mass is 9.76. The third-order valence-corrected chi connectivity index (χ3v) is 5.48. The summed E-state index contributed by atoms with van der Waals surface area (Å²) in [4.78, 5) is 13.9. The minimum absolute atomic E-state index is 0.330. The fraction of sp³-hybridized carbons (Fsp3) is 0.750. The highest BCUT2D eigenvalue weighted by molar-refractivity contribution is 5.73. The Morgan fingerprint density at radius 3 is 2.76 bits per heavy atom. The maximum absolute atomic E-state index is 11.7. The molecule has 1 aromatic heterocycles. The topological polar surface area (TPSA) is 58.4 Å². The third kappa shape index (κ3) is 2.71. The first-order valence-electron chi connectivity index (χ1n) is 8.04. The van der Waals surface area contributed by atoms with Gasteiger partial charge in [-0.15, -0.1) is 0 Å². The molecule has 2 heterocycles. The molecule has 0 amide bonds. The number of carboxylic acid groups (broad SMARTS) is 1. The summed E-state index contributed by atoms with van der Waals surface area (Å²) in [5.41, 5.74) is 2.30. The second-order valence-corrected chi connectivity index (χ2v) is 6.59. The molecule has 5 heteroatoms. The van der Waals surface area contributed by atoms with E-state index in [0.29, 0.717) is 12.0 Å². The Kier molecular flexibility index (Phi) is 4.02. The van der Waals surface area contributed by atoms with Crippen LogP contribution in [0.15, 0.2) is 6.20 Å². The fourth-order valence-corrected chi connectivity index (χ4v) is 4.12. The Balaban J connectivity index is 1.85. The van der Waals surface area contributed by atoms with Gasteiger partial charge in [0.15, 0.2) is 0 Å². The zero-order valence-corrected chi connectivity index (χ0v) is 13.0. The zero-order chi connectivity index (χ0) is 15.0. The van der Waals surface area contributed by atoms with Crippen molar-refractivity contribution in [3.05, 3.63) is 17.5 Å². The molecule has 1 aliphatic heterocycles. The minimum atomic E-state index is -0.666. The van der Waals surface area contributed by atoms with Gasteiger partial charge in [0, 0.05) is 30.9 Å². The van der Waals surface area contributed by atoms with Crippen LogP contribution in [0, 0.1) is 12.8 Å². The monoisotopic (exact) mass is 291 g/mol. The van der Waals surface area contributed by atoms with Crippen LogP contribution < -0.4 is 0 Å². The average molecular weight is 291 g/mol. The molecule has 2 fully saturated rings. The molecule has 0 aromatic carbocycles. The van der Waals surface area contributed by atoms with Gasteiger partial charge in [-0.3, -0.25) is 14.4 Å². The lowest BCUT2D eigenvalue weighted by Crippen LogP contribution is -2.54. The lowest BCUT2D eigenvalue weighted by Gasteiger charge is -2.47. The number of likely N-dealkylation sites (tertiary alicyclic amines) is 1. The molecule has 1 saturated heterocycles. The number of carbonyl (C=O) groups is 1. The number of fused-ring (bicyclic) bond motifs is 1. The number of hydrogen-bond acceptors (Lipinski definition) is 3. The van der Waals surface area contributed by atoms with Crippen LogP contribution in [0.3, 0.4) is 0 Å². The molecule has 2 aliphatic rings. The highest BCUT2D eigenvalue weighted by Crippen LogP contribution is 2.38. The van der Waals surface area contributed by atoms with Crippen LogP contribution in [0.4, 0.5) is 0 Å². The van der Waals surface area contributed by atoms with Crippen LogP contribution in [0.1, 0.15) is 49.8 Å². The first-order valence-corrected chi connectivity index (χ1v) is 8.04. The quantitative estimate of drug-likeness (QED) is 0.928. The van der Waals surface area contributed by atoms with Crippen molar-refractivity contribution in [3.63, 3.8) is 0 Å². The number of piperidine rings is 1. The van der Waals surface area contributed by atoms with Gasteiger partial charge in [-0.25, -0.2) is 0 Å². The molecule has 21 heavy (non-hydrogen) atoms. The van der Waals surface area contributed by atoms with Gasteiger partial charge in [-0.05, 0) is 38.5 Å². The molecule has 0 radical (unpaired) electrons. The average Bonchev–Trinajstić information content (AvgIpc) is 2.79. The molecule has 1 saturated carbocycles. The first-order chi connectivity index (χ1) is 10.1. The third-order valence-electron chi connectivity index (χ3n) is 5.48. The van der Waals surface area contributed by atoms with Gasteiger partial charge in [0.25, 0.3) is 0 Å². The number of aromatic nitrogens is 2. The zero-order valence-electron chi connectivity index (χ0n) is 13.0. The Morgan fingerprint density at radius 1 is 1.33 bits per heavy atom. The van der Waals surface area contributed by atoms with Crippen LogP contribution in [-0.4, -0.2) is 37.8 Å². The van der Waals surface area contributed by atoms with Crippen molar-refractivity contribution in [1.29, 1.82) is 0 Å². The van der Waals surface area contributed by atoms with Gasteiger partial charge < -0.3 is 5.11 Å². The summed E-state index contributed by atoms with van der Waals surface area (Å²) in [5.74, 6) is 0.0203. The molecular weight excluding hydrogens is 266 g/mol. The van der Waals surface area contributed by atoms with Gasteiger partial charge in [-0.1, -0.05) is 12.8 Å². The van der Waals surface area contributed by atoms with Gasteiger partial charge in [0.1, 0.15) is 6.04 Å². The summed E-state index contributed by atoms with van der Waals surface area (Å²) >= 11 is 0. The summed E-state index contributed by atoms with van der Waals surface area (Å²) in [5, 5.41) is 13.9. The standard InChI is InChI=1S/C16H25N3O2/c1-11-13(9-17-18(11)2)10-19-14-6-4-3-5-12(14)7-8-15(19)16(20)21/h9,12,14-15H,3-8,10H2,1-2H3,(H,20,21). The van der Waals surface area contributed by atoms with Gasteiger partial charge in [0.05, 0.1) is 6.20 Å². The highest BCUT2D eigenvalue weighted by atomic mass is 16.4. The van der Waals surface area contributed by atoms with Gasteiger partial charge >= 0.3 is 5.97 Å². The molecule has 3 unspecified atom stereocenters. The van der Waals surface area contributed by atoms with Crippen molar-refractivity contribution in [2.45, 2.75) is 64.1 Å². The lowest BCUT2D eigenvalue weighted by molar-refractivity contribution is -0.148. The Labute approximate surface area is 125 Å². The molecule has 0 bridgehead atoms. The smallest absolute Gasteiger partial charge is 0.320 e. The SMILES string of the molecule is Cc1c(CN2C(C(=O)O)CCC3CCCCC32)cnn1C. The summed E-state index contributed by atoms with van der Waals surface area (Å²) in [6, 6.07) is 0.108. The summed E-state index contributed by atoms with van der Waals surface area (Å²) < 4.78 is 1.87. The molecule has 116 valence electrons. The molecule has 1 N–H and O–H groups in total. The molecule has 0 spiro atoms. The van der Waals surface area contributed by atoms with Crippen molar-refractivity contribution in [1.82, 2.24) is 14.7 Å². The van der Waals surface area contributed by atoms with Crippen molar-refractivity contribution >= 4 is 5.97 Å². The van der Waals surface area contributed by atoms with Crippen molar-refractivity contribution in [2.24, 2.45) is 13.0 Å². The maximum Gasteiger partial charge on any atom is 0.320 e. The van der Waals surface area contributed by atoms with E-state index in [2.05, 4.69) is 16.9 Å². The molecular formula is C16H25N3O2. The van der Waals surface area contributed by atoms with Crippen molar-refractivity contribution < 1.29 is 9.90 Å². The molecule has 3 atom stereocenters. The van der Waals surface area contributed by atoms with E-state index in [1.807, 2.05) is 17.9 Å². The van der Waals surface area contributed by atoms with Crippen molar-refractivity contribution in [3.8, 4) is 0 Å². The second kappa shape index (κ2) is 5.79. The molecule has 1 aliphatic carbocycles. The number of aliphatic carboxylic acids is 1. The number of carboxylic acids is 1. The maximum atomic E-state index is 11.7. The van der Waals surface area contributed by atoms with Crippen LogP contribution >= 0.6 is 0 Å². The van der Waals surface area contributed by atoms with Gasteiger partial charge in [-0.2, -0.15) is 5.10 Å². The van der Waals surface area contributed by atoms with E-state index < -0.39 is 5.97 Å². The normalized spacial score (nSPS) is 30.1. The van der Waals surface area contributed by atoms with E-state index in [-0.39, 0.29) is 6.04 Å². The Morgan fingerprint density at radius 2 is 2.10 bits per heavy atom. The second-order valence-electron chi connectivity index (χ2n) is 6.59. The van der Waals surface area contributed by atoms with E-state index in [1.165, 1.54) is 19.3 Å². The number of hydrogen-bond donors (Lipinski definition) is 1. The van der Waals surface area contributed by atoms with Crippen LogP contribution in [-0.2, 0) is 18.4 Å². The van der Waals surface area contributed by atoms with E-state index in [9.17, 15) is 9.90 Å². The Bertz CT molecular complexity index is 526. The summed E-state index contributed by atoms with van der Waals surface area (Å²) in [7, 11) is 1.94. The van der Waals surface area contributed by atoms with Crippen molar-refractivity contribution in [2.75, 3.05) is 0 Å². The fourth-order valence-electron chi connectivity index (χ4n) is 4.12. The molecule has 5 nitrogen and oxygen atoms in total. The molecule has 3 rings (SSSR count). The van der Waals surface area contributed by atoms with Crippen LogP contribution in [0.5, 0.6) is 0 Å². The first kappa shape index (κ1) is 14.6. The van der Waals surface area contributed by atoms with E-state index in [4.69, 9.17) is 0 Å². The molecule has 1 aromatic rings. The minimum Gasteiger partial charge on any atom is -0.480 e. The van der Waals surface area contributed by atoms with Crippen LogP contribution in [0.2, 0.25) is 0 Å². The van der Waals surface area contributed by atoms with Crippen LogP contribution in [0.25, 0.3) is 0 Å². The summed E-state index contributed by atoms with van der Waals surface area (Å²) in [6.07, 6.45) is 8.70. The summed E-state index contributed by atoms with van der Waals surface area (Å²) in [6.45, 7) is 2.78. The largest absolute Gasteiger partial charge is 0.480 e.